The van der Waals surface area contributed by atoms with Crippen molar-refractivity contribution in [2.45, 2.75) is 71.4 Å². The number of hydrogen-bond donors (Lipinski definition) is 0. The molecule has 2 radical (unpaired) electrons. The molecule has 0 amide bonds. The molecule has 0 aromatic carbocycles. The smallest absolute Gasteiger partial charge is 0.315 e. The van der Waals surface area contributed by atoms with Gasteiger partial charge in [-0.25, -0.2) is 0 Å². The first-order chi connectivity index (χ1) is 9.68. The number of ether oxygens (including phenoxy) is 1. The molecule has 0 fully saturated rings. The van der Waals surface area contributed by atoms with E-state index in [2.05, 4.69) is 58.9 Å². The van der Waals surface area contributed by atoms with Crippen molar-refractivity contribution in [3.05, 3.63) is 6.92 Å². The molecule has 0 rings (SSSR count). The second-order valence-electron chi connectivity index (χ2n) is 8.24. The Morgan fingerprint density at radius 2 is 1.23 bits per heavy atom. The van der Waals surface area contributed by atoms with Gasteiger partial charge in [-0.1, -0.05) is 0 Å². The minimum Gasteiger partial charge on any atom is -0.437 e. The van der Waals surface area contributed by atoms with Crippen molar-refractivity contribution in [3.8, 4) is 0 Å². The van der Waals surface area contributed by atoms with Crippen LogP contribution in [-0.2, 0) is 17.1 Å². The zero-order valence-corrected chi connectivity index (χ0v) is 20.0. The summed E-state index contributed by atoms with van der Waals surface area (Å²) in [5, 5.41) is 0. The van der Waals surface area contributed by atoms with Crippen LogP contribution in [0.15, 0.2) is 0 Å². The van der Waals surface area contributed by atoms with Gasteiger partial charge in [-0.2, -0.15) is 0 Å². The van der Waals surface area contributed by atoms with Crippen LogP contribution in [0.3, 0.4) is 0 Å². The molecule has 0 aliphatic rings. The van der Waals surface area contributed by atoms with Crippen molar-refractivity contribution in [1.82, 2.24) is 0 Å². The van der Waals surface area contributed by atoms with Crippen LogP contribution in [0.25, 0.3) is 0 Å². The quantitative estimate of drug-likeness (QED) is 0.388. The van der Waals surface area contributed by atoms with Gasteiger partial charge >= 0.3 is 17.1 Å². The molecule has 0 spiro atoms. The van der Waals surface area contributed by atoms with Gasteiger partial charge in [0.15, 0.2) is 16.6 Å². The normalized spacial score (nSPS) is 16.6. The second kappa shape index (κ2) is 8.70. The Labute approximate surface area is 142 Å². The van der Waals surface area contributed by atoms with E-state index in [0.717, 1.165) is 12.5 Å². The molecule has 0 bridgehead atoms. The summed E-state index contributed by atoms with van der Waals surface area (Å²) >= 11 is 0. The van der Waals surface area contributed by atoms with Crippen molar-refractivity contribution in [2.75, 3.05) is 13.2 Å². The Morgan fingerprint density at radius 1 is 0.727 bits per heavy atom. The molecule has 132 valence electrons. The molecule has 1 unspecified atom stereocenters. The minimum atomic E-state index is -2.27. The van der Waals surface area contributed by atoms with Crippen molar-refractivity contribution in [2.24, 2.45) is 0 Å². The third-order valence-corrected chi connectivity index (χ3v) is 16.1. The van der Waals surface area contributed by atoms with E-state index in [1.54, 1.807) is 0 Å². The molecule has 0 saturated carbocycles. The Morgan fingerprint density at radius 3 is 1.64 bits per heavy atom. The van der Waals surface area contributed by atoms with E-state index < -0.39 is 33.8 Å². The van der Waals surface area contributed by atoms with Crippen LogP contribution < -0.4 is 0 Å². The summed E-state index contributed by atoms with van der Waals surface area (Å²) in [5.41, 5.74) is 0. The summed E-state index contributed by atoms with van der Waals surface area (Å²) in [6.07, 6.45) is 0.918. The van der Waals surface area contributed by atoms with Crippen molar-refractivity contribution >= 4 is 33.8 Å². The Kier molecular flexibility index (Phi) is 8.98. The summed E-state index contributed by atoms with van der Waals surface area (Å²) in [6.45, 7) is 26.0. The van der Waals surface area contributed by atoms with Crippen LogP contribution in [0.5, 0.6) is 0 Å². The lowest BCUT2D eigenvalue weighted by Gasteiger charge is -2.41. The Hall–Kier alpha value is 0.708. The Bertz CT molecular complexity index is 326. The molecular weight excluding hydrogens is 344 g/mol. The van der Waals surface area contributed by atoms with Crippen molar-refractivity contribution < 1.29 is 17.1 Å². The average molecular weight is 381 g/mol. The maximum absolute atomic E-state index is 6.57. The highest BCUT2D eigenvalue weighted by Crippen LogP contribution is 2.27. The third-order valence-electron chi connectivity index (χ3n) is 2.57. The standard InChI is InChI=1S/C14H36O4Si4/c1-11-15-13-12-14-22(10,17-20(5,6)7)18-21(8,9)16-19(2,3)4/h1H,11-14H2,2-10H3. The SMILES string of the molecule is [CH]COCCC[Si](C)(O[Si](C)(C)C)O[Si](C)(C)O[Si](C)(C)C. The van der Waals surface area contributed by atoms with Gasteiger partial charge in [0, 0.05) is 6.61 Å². The second-order valence-corrected chi connectivity index (χ2v) is 24.7. The molecule has 22 heavy (non-hydrogen) atoms. The third kappa shape index (κ3) is 12.2. The number of rotatable bonds is 11. The van der Waals surface area contributed by atoms with Crippen molar-refractivity contribution in [3.63, 3.8) is 0 Å². The molecule has 4 nitrogen and oxygen atoms in total. The average Bonchev–Trinajstić information content (AvgIpc) is 2.16. The first-order valence-electron chi connectivity index (χ1n) is 8.06. The van der Waals surface area contributed by atoms with Gasteiger partial charge in [0.1, 0.15) is 0 Å². The summed E-state index contributed by atoms with van der Waals surface area (Å²) in [6, 6.07) is 0.919. The highest BCUT2D eigenvalue weighted by molar-refractivity contribution is 6.89. The minimum absolute atomic E-state index is 0.271. The lowest BCUT2D eigenvalue weighted by Crippen LogP contribution is -2.56. The van der Waals surface area contributed by atoms with E-state index >= 15 is 0 Å². The molecule has 0 aromatic rings. The van der Waals surface area contributed by atoms with Crippen LogP contribution in [0.2, 0.25) is 65.0 Å². The number of hydrogen-bond acceptors (Lipinski definition) is 4. The fourth-order valence-electron chi connectivity index (χ4n) is 2.63. The highest BCUT2D eigenvalue weighted by atomic mass is 28.5. The van der Waals surface area contributed by atoms with Gasteiger partial charge in [-0.15, -0.1) is 0 Å². The monoisotopic (exact) mass is 380 g/mol. The van der Waals surface area contributed by atoms with Gasteiger partial charge in [0.2, 0.25) is 0 Å². The molecule has 0 aromatic heterocycles. The molecule has 1 atom stereocenters. The Balaban J connectivity index is 4.90. The maximum atomic E-state index is 6.57. The van der Waals surface area contributed by atoms with Gasteiger partial charge in [0.25, 0.3) is 0 Å². The van der Waals surface area contributed by atoms with E-state index in [1.165, 1.54) is 0 Å². The summed E-state index contributed by atoms with van der Waals surface area (Å²) in [7, 11) is -7.75. The molecular formula is C14H36O4Si4. The molecule has 0 aliphatic heterocycles. The highest BCUT2D eigenvalue weighted by Gasteiger charge is 2.44. The lowest BCUT2D eigenvalue weighted by molar-refractivity contribution is 0.159. The van der Waals surface area contributed by atoms with E-state index in [0.29, 0.717) is 6.61 Å². The van der Waals surface area contributed by atoms with E-state index in [9.17, 15) is 0 Å². The fraction of sp³-hybridized carbons (Fsp3) is 0.929. The first-order valence-corrected chi connectivity index (χ1v) is 20.2. The summed E-state index contributed by atoms with van der Waals surface area (Å²) in [4.78, 5) is 0. The largest absolute Gasteiger partial charge is 0.437 e. The molecule has 0 N–H and O–H groups in total. The maximum Gasteiger partial charge on any atom is 0.315 e. The van der Waals surface area contributed by atoms with Crippen LogP contribution in [0.4, 0.5) is 0 Å². The molecule has 0 heterocycles. The zero-order valence-electron chi connectivity index (χ0n) is 16.0. The van der Waals surface area contributed by atoms with Crippen LogP contribution >= 0.6 is 0 Å². The zero-order chi connectivity index (χ0) is 17.7. The lowest BCUT2D eigenvalue weighted by atomic mass is 10.5. The van der Waals surface area contributed by atoms with E-state index in [1.807, 2.05) is 0 Å². The topological polar surface area (TPSA) is 36.9 Å². The summed E-state index contributed by atoms with van der Waals surface area (Å²) in [5.74, 6) is 0. The van der Waals surface area contributed by atoms with Gasteiger partial charge in [-0.05, 0) is 78.3 Å². The molecule has 0 saturated heterocycles. The van der Waals surface area contributed by atoms with Crippen LogP contribution in [-0.4, -0.2) is 47.0 Å². The first kappa shape index (κ1) is 22.7. The predicted octanol–water partition coefficient (Wildman–Crippen LogP) is 4.60. The van der Waals surface area contributed by atoms with Gasteiger partial charge in [-0.3, -0.25) is 0 Å². The van der Waals surface area contributed by atoms with Crippen LogP contribution in [0.1, 0.15) is 6.42 Å². The van der Waals surface area contributed by atoms with E-state index in [-0.39, 0.29) is 6.61 Å². The summed E-state index contributed by atoms with van der Waals surface area (Å²) < 4.78 is 24.7. The predicted molar refractivity (Wildman–Crippen MR) is 104 cm³/mol. The van der Waals surface area contributed by atoms with E-state index in [4.69, 9.17) is 24.0 Å². The fourth-order valence-corrected chi connectivity index (χ4v) is 20.6. The van der Waals surface area contributed by atoms with Crippen LogP contribution in [0, 0.1) is 6.92 Å². The van der Waals surface area contributed by atoms with Crippen molar-refractivity contribution in [1.29, 1.82) is 0 Å². The van der Waals surface area contributed by atoms with Gasteiger partial charge in [0.05, 0.1) is 6.61 Å². The molecule has 0 aliphatic carbocycles. The van der Waals surface area contributed by atoms with Gasteiger partial charge < -0.3 is 17.1 Å². The molecule has 8 heteroatoms.